The molecule has 1 saturated heterocycles. The average Bonchev–Trinajstić information content (AvgIpc) is 2.79. The van der Waals surface area contributed by atoms with Crippen LogP contribution < -0.4 is 0 Å². The van der Waals surface area contributed by atoms with Crippen molar-refractivity contribution in [2.45, 2.75) is 71.3 Å². The Labute approximate surface area is 196 Å². The van der Waals surface area contributed by atoms with E-state index in [4.69, 9.17) is 0 Å². The maximum absolute atomic E-state index is 12.5. The van der Waals surface area contributed by atoms with Crippen molar-refractivity contribution in [1.29, 1.82) is 0 Å². The van der Waals surface area contributed by atoms with Crippen LogP contribution in [-0.4, -0.2) is 74.6 Å². The van der Waals surface area contributed by atoms with Crippen molar-refractivity contribution in [2.75, 3.05) is 39.0 Å². The van der Waals surface area contributed by atoms with Crippen LogP contribution in [0.25, 0.3) is 0 Å². The van der Waals surface area contributed by atoms with Crippen molar-refractivity contribution in [2.24, 2.45) is 0 Å². The smallest absolute Gasteiger partial charge is 0.222 e. The van der Waals surface area contributed by atoms with Gasteiger partial charge in [-0.3, -0.25) is 14.7 Å². The zero-order valence-corrected chi connectivity index (χ0v) is 21.5. The molecule has 6 nitrogen and oxygen atoms in total. The number of piperazine rings is 1. The van der Waals surface area contributed by atoms with E-state index in [9.17, 15) is 15.0 Å². The quantitative estimate of drug-likeness (QED) is 0.476. The van der Waals surface area contributed by atoms with Crippen molar-refractivity contribution in [3.05, 3.63) is 29.1 Å². The lowest BCUT2D eigenvalue weighted by molar-refractivity contribution is -0.133. The van der Waals surface area contributed by atoms with Crippen molar-refractivity contribution in [3.63, 3.8) is 0 Å². The highest BCUT2D eigenvalue weighted by Gasteiger charge is 2.24. The van der Waals surface area contributed by atoms with Gasteiger partial charge in [-0.2, -0.15) is 0 Å². The molecule has 2 heterocycles. The molecule has 0 saturated carbocycles. The van der Waals surface area contributed by atoms with E-state index in [0.29, 0.717) is 17.8 Å². The molecule has 31 heavy (non-hydrogen) atoms. The Hall–Kier alpha value is -0.800. The van der Waals surface area contributed by atoms with Gasteiger partial charge in [-0.15, -0.1) is 0 Å². The van der Waals surface area contributed by atoms with Gasteiger partial charge in [0, 0.05) is 37.3 Å². The fourth-order valence-electron chi connectivity index (χ4n) is 3.59. The third kappa shape index (κ3) is 10.6. The van der Waals surface area contributed by atoms with Gasteiger partial charge in [-0.05, 0) is 63.6 Å². The second-order valence-electron chi connectivity index (χ2n) is 8.11. The Kier molecular flexibility index (Phi) is 13.8. The first kappa shape index (κ1) is 28.2. The SMILES string of the molecule is CC.CSSC(C)(C)CCC(=O)N1CCN(CCCc2cc(CO)nc(CO)c2)CC1. The van der Waals surface area contributed by atoms with E-state index in [1.165, 1.54) is 0 Å². The number of hydrogen-bond donors (Lipinski definition) is 2. The Morgan fingerprint density at radius 3 is 2.19 bits per heavy atom. The summed E-state index contributed by atoms with van der Waals surface area (Å²) >= 11 is 0. The van der Waals surface area contributed by atoms with Crippen LogP contribution in [0.5, 0.6) is 0 Å². The summed E-state index contributed by atoms with van der Waals surface area (Å²) in [6, 6.07) is 3.82. The molecule has 0 aliphatic carbocycles. The lowest BCUT2D eigenvalue weighted by Gasteiger charge is -2.35. The number of hydrogen-bond acceptors (Lipinski definition) is 7. The molecule has 2 N–H and O–H groups in total. The van der Waals surface area contributed by atoms with Crippen LogP contribution in [0.4, 0.5) is 0 Å². The zero-order chi connectivity index (χ0) is 23.3. The molecule has 0 unspecified atom stereocenters. The number of aliphatic hydroxyl groups is 2. The number of pyridine rings is 1. The first-order valence-electron chi connectivity index (χ1n) is 11.3. The van der Waals surface area contributed by atoms with Crippen LogP contribution in [0.3, 0.4) is 0 Å². The van der Waals surface area contributed by atoms with Gasteiger partial charge in [0.15, 0.2) is 0 Å². The molecule has 0 radical (unpaired) electrons. The number of carbonyl (C=O) groups excluding carboxylic acids is 1. The number of carbonyl (C=O) groups is 1. The first-order chi connectivity index (χ1) is 14.9. The molecule has 1 aromatic rings. The van der Waals surface area contributed by atoms with Gasteiger partial charge >= 0.3 is 0 Å². The Morgan fingerprint density at radius 2 is 1.68 bits per heavy atom. The average molecular weight is 472 g/mol. The highest BCUT2D eigenvalue weighted by molar-refractivity contribution is 8.76. The molecule has 178 valence electrons. The van der Waals surface area contributed by atoms with Gasteiger partial charge in [-0.1, -0.05) is 35.4 Å². The van der Waals surface area contributed by atoms with E-state index in [1.807, 2.05) is 41.7 Å². The fraction of sp³-hybridized carbons (Fsp3) is 0.739. The summed E-state index contributed by atoms with van der Waals surface area (Å²) in [7, 11) is 3.60. The molecule has 0 atom stereocenters. The minimum Gasteiger partial charge on any atom is -0.390 e. The first-order valence-corrected chi connectivity index (χ1v) is 13.8. The molecule has 1 aromatic heterocycles. The molecule has 0 aromatic carbocycles. The normalized spacial score (nSPS) is 14.9. The lowest BCUT2D eigenvalue weighted by atomic mass is 10.1. The number of aryl methyl sites for hydroxylation is 1. The third-order valence-electron chi connectivity index (χ3n) is 5.23. The Balaban J connectivity index is 0.00000233. The van der Waals surface area contributed by atoms with Crippen molar-refractivity contribution >= 4 is 27.5 Å². The maximum Gasteiger partial charge on any atom is 0.222 e. The Morgan fingerprint density at radius 1 is 1.10 bits per heavy atom. The van der Waals surface area contributed by atoms with Gasteiger partial charge in [-0.25, -0.2) is 0 Å². The van der Waals surface area contributed by atoms with Crippen LogP contribution in [0.15, 0.2) is 12.1 Å². The molecular weight excluding hydrogens is 430 g/mol. The summed E-state index contributed by atoms with van der Waals surface area (Å²) in [4.78, 5) is 21.1. The molecular formula is C23H41N3O3S2. The summed E-state index contributed by atoms with van der Waals surface area (Å²) in [5.41, 5.74) is 2.32. The standard InChI is InChI=1S/C21H35N3O3S2.C2H6/c1-21(2,29-28-3)7-6-20(27)24-11-9-23(10-12-24)8-4-5-17-13-18(15-25)22-19(14-17)16-26;1-2/h13-14,25-26H,4-12,15-16H2,1-3H3;1-2H3. The summed E-state index contributed by atoms with van der Waals surface area (Å²) in [6.45, 7) is 12.7. The predicted octanol–water partition coefficient (Wildman–Crippen LogP) is 3.74. The second-order valence-corrected chi connectivity index (χ2v) is 11.2. The molecule has 0 bridgehead atoms. The second kappa shape index (κ2) is 15.1. The fourth-order valence-corrected chi connectivity index (χ4v) is 5.83. The molecule has 1 amide bonds. The van der Waals surface area contributed by atoms with E-state index in [2.05, 4.69) is 30.0 Å². The van der Waals surface area contributed by atoms with Crippen LogP contribution in [-0.2, 0) is 24.4 Å². The van der Waals surface area contributed by atoms with E-state index in [0.717, 1.165) is 57.5 Å². The highest BCUT2D eigenvalue weighted by atomic mass is 33.1. The molecule has 8 heteroatoms. The number of aromatic nitrogens is 1. The van der Waals surface area contributed by atoms with Crippen LogP contribution in [0.2, 0.25) is 0 Å². The molecule has 1 aliphatic heterocycles. The Bertz CT molecular complexity index is 629. The minimum absolute atomic E-state index is 0.107. The van der Waals surface area contributed by atoms with Crippen molar-refractivity contribution in [1.82, 2.24) is 14.8 Å². The number of rotatable bonds is 11. The zero-order valence-electron chi connectivity index (χ0n) is 19.9. The molecule has 0 spiro atoms. The predicted molar refractivity (Wildman–Crippen MR) is 133 cm³/mol. The van der Waals surface area contributed by atoms with Crippen molar-refractivity contribution in [3.8, 4) is 0 Å². The van der Waals surface area contributed by atoms with Crippen LogP contribution >= 0.6 is 21.6 Å². The van der Waals surface area contributed by atoms with Gasteiger partial charge in [0.25, 0.3) is 0 Å². The number of aliphatic hydroxyl groups excluding tert-OH is 2. The summed E-state index contributed by atoms with van der Waals surface area (Å²) in [6.07, 6.45) is 5.52. The van der Waals surface area contributed by atoms with Gasteiger partial charge in [0.2, 0.25) is 5.91 Å². The van der Waals surface area contributed by atoms with E-state index < -0.39 is 0 Å². The number of nitrogens with zero attached hydrogens (tertiary/aromatic N) is 3. The lowest BCUT2D eigenvalue weighted by Crippen LogP contribution is -2.49. The topological polar surface area (TPSA) is 76.9 Å². The van der Waals surface area contributed by atoms with E-state index >= 15 is 0 Å². The molecule has 1 fully saturated rings. The maximum atomic E-state index is 12.5. The van der Waals surface area contributed by atoms with Gasteiger partial charge in [0.05, 0.1) is 24.6 Å². The molecule has 1 aliphatic rings. The van der Waals surface area contributed by atoms with E-state index in [-0.39, 0.29) is 23.9 Å². The van der Waals surface area contributed by atoms with E-state index in [1.54, 1.807) is 10.8 Å². The monoisotopic (exact) mass is 471 g/mol. The van der Waals surface area contributed by atoms with Crippen molar-refractivity contribution < 1.29 is 15.0 Å². The third-order valence-corrected chi connectivity index (χ3v) is 7.91. The molecule has 2 rings (SSSR count). The number of amides is 1. The largest absolute Gasteiger partial charge is 0.390 e. The van der Waals surface area contributed by atoms with Gasteiger partial charge in [0.1, 0.15) is 0 Å². The van der Waals surface area contributed by atoms with Crippen LogP contribution in [0, 0.1) is 0 Å². The van der Waals surface area contributed by atoms with Gasteiger partial charge < -0.3 is 15.1 Å². The summed E-state index contributed by atoms with van der Waals surface area (Å²) in [5, 5.41) is 18.6. The highest BCUT2D eigenvalue weighted by Crippen LogP contribution is 2.37. The van der Waals surface area contributed by atoms with Crippen LogP contribution in [0.1, 0.15) is 63.9 Å². The summed E-state index contributed by atoms with van der Waals surface area (Å²) < 4.78 is 0.135. The summed E-state index contributed by atoms with van der Waals surface area (Å²) in [5.74, 6) is 0.282. The minimum atomic E-state index is -0.107.